The molecule has 3 nitrogen and oxygen atoms in total. The minimum Gasteiger partial charge on any atom is -0.341 e. The predicted molar refractivity (Wildman–Crippen MR) is 73.4 cm³/mol. The van der Waals surface area contributed by atoms with Crippen LogP contribution >= 0.6 is 12.4 Å². The predicted octanol–water partition coefficient (Wildman–Crippen LogP) is 1.76. The molecular weight excluding hydrogens is 236 g/mol. The van der Waals surface area contributed by atoms with Crippen LogP contribution < -0.4 is 5.73 Å². The van der Waals surface area contributed by atoms with Gasteiger partial charge in [0, 0.05) is 19.6 Å². The fourth-order valence-corrected chi connectivity index (χ4v) is 1.41. The van der Waals surface area contributed by atoms with Crippen molar-refractivity contribution >= 4 is 18.3 Å². The van der Waals surface area contributed by atoms with Crippen molar-refractivity contribution in [1.82, 2.24) is 4.90 Å². The fourth-order valence-electron chi connectivity index (χ4n) is 1.41. The standard InChI is InChI=1S/C13H20N2O.ClH/c1-10-4-6-12(7-5-10)8-13(16)15(3)11(2)9-14;/h4-7,11H,8-9,14H2,1-3H3;1H. The van der Waals surface area contributed by atoms with Crippen molar-refractivity contribution in [3.8, 4) is 0 Å². The summed E-state index contributed by atoms with van der Waals surface area (Å²) < 4.78 is 0. The van der Waals surface area contributed by atoms with E-state index < -0.39 is 0 Å². The van der Waals surface area contributed by atoms with Crippen LogP contribution in [0.3, 0.4) is 0 Å². The van der Waals surface area contributed by atoms with E-state index in [-0.39, 0.29) is 24.4 Å². The van der Waals surface area contributed by atoms with Crippen LogP contribution in [0.4, 0.5) is 0 Å². The van der Waals surface area contributed by atoms with Crippen molar-refractivity contribution in [3.63, 3.8) is 0 Å². The third-order valence-electron chi connectivity index (χ3n) is 2.87. The Kier molecular flexibility index (Phi) is 6.85. The maximum atomic E-state index is 11.9. The van der Waals surface area contributed by atoms with Crippen LogP contribution in [0.5, 0.6) is 0 Å². The van der Waals surface area contributed by atoms with Crippen molar-refractivity contribution in [1.29, 1.82) is 0 Å². The van der Waals surface area contributed by atoms with Gasteiger partial charge >= 0.3 is 0 Å². The van der Waals surface area contributed by atoms with Crippen molar-refractivity contribution in [3.05, 3.63) is 35.4 Å². The Labute approximate surface area is 109 Å². The van der Waals surface area contributed by atoms with Gasteiger partial charge in [-0.3, -0.25) is 4.79 Å². The Morgan fingerprint density at radius 2 is 1.88 bits per heavy atom. The van der Waals surface area contributed by atoms with Crippen LogP contribution in [0.15, 0.2) is 24.3 Å². The van der Waals surface area contributed by atoms with Crippen LogP contribution in [0.25, 0.3) is 0 Å². The third-order valence-corrected chi connectivity index (χ3v) is 2.87. The molecule has 0 heterocycles. The Morgan fingerprint density at radius 1 is 1.35 bits per heavy atom. The fraction of sp³-hybridized carbons (Fsp3) is 0.462. The van der Waals surface area contributed by atoms with E-state index in [0.29, 0.717) is 13.0 Å². The highest BCUT2D eigenvalue weighted by Crippen LogP contribution is 2.06. The molecule has 0 saturated heterocycles. The van der Waals surface area contributed by atoms with Crippen molar-refractivity contribution in [2.45, 2.75) is 26.3 Å². The Morgan fingerprint density at radius 3 is 2.35 bits per heavy atom. The topological polar surface area (TPSA) is 46.3 Å². The van der Waals surface area contributed by atoms with Gasteiger partial charge in [0.1, 0.15) is 0 Å². The van der Waals surface area contributed by atoms with Crippen LogP contribution in [0.2, 0.25) is 0 Å². The monoisotopic (exact) mass is 256 g/mol. The zero-order chi connectivity index (χ0) is 12.1. The van der Waals surface area contributed by atoms with Crippen molar-refractivity contribution < 1.29 is 4.79 Å². The summed E-state index contributed by atoms with van der Waals surface area (Å²) in [4.78, 5) is 13.6. The first-order valence-electron chi connectivity index (χ1n) is 5.56. The number of hydrogen-bond donors (Lipinski definition) is 1. The van der Waals surface area contributed by atoms with Gasteiger partial charge in [0.05, 0.1) is 6.42 Å². The second-order valence-electron chi connectivity index (χ2n) is 4.25. The molecular formula is C13H21ClN2O. The molecule has 0 aliphatic carbocycles. The smallest absolute Gasteiger partial charge is 0.227 e. The van der Waals surface area contributed by atoms with Gasteiger partial charge in [-0.05, 0) is 19.4 Å². The molecule has 1 atom stereocenters. The van der Waals surface area contributed by atoms with E-state index >= 15 is 0 Å². The van der Waals surface area contributed by atoms with Gasteiger partial charge in [0.15, 0.2) is 0 Å². The highest BCUT2D eigenvalue weighted by atomic mass is 35.5. The van der Waals surface area contributed by atoms with E-state index in [9.17, 15) is 4.79 Å². The van der Waals surface area contributed by atoms with E-state index in [4.69, 9.17) is 5.73 Å². The van der Waals surface area contributed by atoms with Gasteiger partial charge in [-0.15, -0.1) is 12.4 Å². The number of nitrogens with two attached hydrogens (primary N) is 1. The number of amides is 1. The van der Waals surface area contributed by atoms with Gasteiger partial charge in [-0.1, -0.05) is 29.8 Å². The number of hydrogen-bond acceptors (Lipinski definition) is 2. The zero-order valence-electron chi connectivity index (χ0n) is 10.6. The molecule has 17 heavy (non-hydrogen) atoms. The second-order valence-corrected chi connectivity index (χ2v) is 4.25. The van der Waals surface area contributed by atoms with Crippen molar-refractivity contribution in [2.75, 3.05) is 13.6 Å². The molecule has 1 rings (SSSR count). The summed E-state index contributed by atoms with van der Waals surface area (Å²) in [5, 5.41) is 0. The summed E-state index contributed by atoms with van der Waals surface area (Å²) in [6.07, 6.45) is 0.446. The van der Waals surface area contributed by atoms with Gasteiger partial charge < -0.3 is 10.6 Å². The molecule has 0 aliphatic rings. The second kappa shape index (κ2) is 7.30. The van der Waals surface area contributed by atoms with E-state index in [1.165, 1.54) is 5.56 Å². The molecule has 0 radical (unpaired) electrons. The Bertz CT molecular complexity index is 351. The van der Waals surface area contributed by atoms with Gasteiger partial charge in [-0.2, -0.15) is 0 Å². The SMILES string of the molecule is Cc1ccc(CC(=O)N(C)C(C)CN)cc1.Cl. The zero-order valence-corrected chi connectivity index (χ0v) is 11.5. The molecule has 96 valence electrons. The molecule has 0 fully saturated rings. The lowest BCUT2D eigenvalue weighted by Gasteiger charge is -2.23. The summed E-state index contributed by atoms with van der Waals surface area (Å²) in [6.45, 7) is 4.48. The summed E-state index contributed by atoms with van der Waals surface area (Å²) in [5.74, 6) is 0.113. The van der Waals surface area contributed by atoms with E-state index in [1.807, 2.05) is 38.1 Å². The number of benzene rings is 1. The van der Waals surface area contributed by atoms with Crippen LogP contribution in [-0.4, -0.2) is 30.4 Å². The number of carbonyl (C=O) groups is 1. The maximum absolute atomic E-state index is 11.9. The van der Waals surface area contributed by atoms with E-state index in [1.54, 1.807) is 11.9 Å². The lowest BCUT2D eigenvalue weighted by atomic mass is 10.1. The summed E-state index contributed by atoms with van der Waals surface area (Å²) in [7, 11) is 1.80. The first kappa shape index (κ1) is 15.9. The molecule has 1 amide bonds. The molecule has 0 aliphatic heterocycles. The van der Waals surface area contributed by atoms with E-state index in [0.717, 1.165) is 5.56 Å². The average Bonchev–Trinajstić information content (AvgIpc) is 2.30. The van der Waals surface area contributed by atoms with Crippen LogP contribution in [0.1, 0.15) is 18.1 Å². The average molecular weight is 257 g/mol. The van der Waals surface area contributed by atoms with E-state index in [2.05, 4.69) is 0 Å². The molecule has 1 aromatic carbocycles. The Hall–Kier alpha value is -1.06. The normalized spacial score (nSPS) is 11.5. The van der Waals surface area contributed by atoms with Gasteiger partial charge in [0.25, 0.3) is 0 Å². The minimum absolute atomic E-state index is 0. The number of likely N-dealkylation sites (N-methyl/N-ethyl adjacent to an activating group) is 1. The van der Waals surface area contributed by atoms with Crippen molar-refractivity contribution in [2.24, 2.45) is 5.73 Å². The molecule has 2 N–H and O–H groups in total. The summed E-state index contributed by atoms with van der Waals surface area (Å²) in [5.41, 5.74) is 7.79. The first-order valence-corrected chi connectivity index (χ1v) is 5.56. The highest BCUT2D eigenvalue weighted by molar-refractivity contribution is 5.85. The van der Waals surface area contributed by atoms with Crippen LogP contribution in [0, 0.1) is 6.92 Å². The summed E-state index contributed by atoms with van der Waals surface area (Å²) >= 11 is 0. The first-order chi connectivity index (χ1) is 7.54. The number of nitrogens with zero attached hydrogens (tertiary/aromatic N) is 1. The lowest BCUT2D eigenvalue weighted by molar-refractivity contribution is -0.130. The maximum Gasteiger partial charge on any atom is 0.227 e. The lowest BCUT2D eigenvalue weighted by Crippen LogP contribution is -2.40. The third kappa shape index (κ3) is 4.75. The molecule has 0 saturated carbocycles. The number of carbonyl (C=O) groups excluding carboxylic acids is 1. The molecule has 4 heteroatoms. The van der Waals surface area contributed by atoms with Crippen LogP contribution in [-0.2, 0) is 11.2 Å². The summed E-state index contributed by atoms with van der Waals surface area (Å²) in [6, 6.07) is 8.13. The number of aryl methyl sites for hydroxylation is 1. The minimum atomic E-state index is 0. The quantitative estimate of drug-likeness (QED) is 0.893. The highest BCUT2D eigenvalue weighted by Gasteiger charge is 2.14. The van der Waals surface area contributed by atoms with Gasteiger partial charge in [-0.25, -0.2) is 0 Å². The molecule has 1 aromatic rings. The van der Waals surface area contributed by atoms with Gasteiger partial charge in [0.2, 0.25) is 5.91 Å². The molecule has 1 unspecified atom stereocenters. The largest absolute Gasteiger partial charge is 0.341 e. The molecule has 0 aromatic heterocycles. The Balaban J connectivity index is 0.00000256. The number of rotatable bonds is 4. The molecule has 0 spiro atoms. The molecule has 0 bridgehead atoms. The number of halogens is 1.